The Bertz CT molecular complexity index is 935. The average molecular weight is 899 g/mol. The zero-order valence-electron chi connectivity index (χ0n) is 41.6. The molecule has 1 fully saturated rings. The molecule has 1 saturated heterocycles. The van der Waals surface area contributed by atoms with E-state index in [0.717, 1.165) is 32.1 Å². The van der Waals surface area contributed by atoms with Gasteiger partial charge in [-0.15, -0.1) is 0 Å². The minimum atomic E-state index is -1.53. The van der Waals surface area contributed by atoms with Gasteiger partial charge in [-0.2, -0.15) is 0 Å². The van der Waals surface area contributed by atoms with Crippen LogP contribution in [-0.2, 0) is 23.7 Å². The van der Waals surface area contributed by atoms with Crippen molar-refractivity contribution in [2.24, 2.45) is 0 Å². The number of aliphatic hydroxyl groups is 4. The Hall–Kier alpha value is -0.810. The maximum absolute atomic E-state index is 12.8. The highest BCUT2D eigenvalue weighted by molar-refractivity contribution is 5.69. The SMILES string of the molecule is CCCCCCCCCCCCCCCCCCCCCCCCCCCCOCC(COC1OC(CO)C(O)C(O)C1O)OC(=O)CCCCCCCCCCCCCCCC. The number of carbonyl (C=O) groups is 1. The van der Waals surface area contributed by atoms with Gasteiger partial charge in [0.15, 0.2) is 6.29 Å². The third-order valence-electron chi connectivity index (χ3n) is 13.3. The predicted octanol–water partition coefficient (Wildman–Crippen LogP) is 13.8. The van der Waals surface area contributed by atoms with Gasteiger partial charge in [0.2, 0.25) is 0 Å². The van der Waals surface area contributed by atoms with Crippen LogP contribution in [0.15, 0.2) is 0 Å². The van der Waals surface area contributed by atoms with Crippen LogP contribution in [0.4, 0.5) is 0 Å². The topological polar surface area (TPSA) is 135 Å². The van der Waals surface area contributed by atoms with Gasteiger partial charge in [-0.25, -0.2) is 0 Å². The van der Waals surface area contributed by atoms with E-state index in [-0.39, 0.29) is 19.2 Å². The van der Waals surface area contributed by atoms with E-state index >= 15 is 0 Å². The predicted molar refractivity (Wildman–Crippen MR) is 261 cm³/mol. The second kappa shape index (κ2) is 46.3. The summed E-state index contributed by atoms with van der Waals surface area (Å²) in [6, 6.07) is 0. The molecule has 0 amide bonds. The van der Waals surface area contributed by atoms with Crippen LogP contribution < -0.4 is 0 Å². The highest BCUT2D eigenvalue weighted by Gasteiger charge is 2.44. The monoisotopic (exact) mass is 899 g/mol. The summed E-state index contributed by atoms with van der Waals surface area (Å²) in [4.78, 5) is 12.8. The number of hydrogen-bond acceptors (Lipinski definition) is 9. The van der Waals surface area contributed by atoms with Crippen molar-refractivity contribution in [3.05, 3.63) is 0 Å². The lowest BCUT2D eigenvalue weighted by atomic mass is 9.99. The minimum absolute atomic E-state index is 0.104. The molecule has 1 heterocycles. The second-order valence-corrected chi connectivity index (χ2v) is 19.4. The molecule has 9 heteroatoms. The average Bonchev–Trinajstić information content (AvgIpc) is 3.28. The van der Waals surface area contributed by atoms with Crippen LogP contribution in [0.3, 0.4) is 0 Å². The molecule has 0 aromatic carbocycles. The summed E-state index contributed by atoms with van der Waals surface area (Å²) in [7, 11) is 0. The molecule has 0 bridgehead atoms. The molecule has 376 valence electrons. The molecule has 1 aliphatic rings. The van der Waals surface area contributed by atoms with E-state index in [0.29, 0.717) is 13.0 Å². The van der Waals surface area contributed by atoms with E-state index in [1.54, 1.807) is 0 Å². The molecule has 63 heavy (non-hydrogen) atoms. The fourth-order valence-corrected chi connectivity index (χ4v) is 8.97. The van der Waals surface area contributed by atoms with Crippen LogP contribution in [0.25, 0.3) is 0 Å². The third-order valence-corrected chi connectivity index (χ3v) is 13.3. The zero-order valence-corrected chi connectivity index (χ0v) is 41.6. The first-order valence-electron chi connectivity index (χ1n) is 27.6. The maximum Gasteiger partial charge on any atom is 0.306 e. The van der Waals surface area contributed by atoms with Crippen molar-refractivity contribution >= 4 is 5.97 Å². The Kier molecular flexibility index (Phi) is 44.3. The van der Waals surface area contributed by atoms with Crippen molar-refractivity contribution in [2.75, 3.05) is 26.4 Å². The molecule has 0 radical (unpaired) electrons. The molecule has 0 aromatic rings. The van der Waals surface area contributed by atoms with E-state index in [1.807, 2.05) is 0 Å². The van der Waals surface area contributed by atoms with Crippen molar-refractivity contribution in [3.8, 4) is 0 Å². The molecular weight excluding hydrogens is 793 g/mol. The summed E-state index contributed by atoms with van der Waals surface area (Å²) in [6.07, 6.45) is 45.8. The molecule has 1 aliphatic heterocycles. The molecule has 0 aromatic heterocycles. The molecular formula is C54H106O9. The van der Waals surface area contributed by atoms with Gasteiger partial charge in [-0.05, 0) is 12.8 Å². The first-order valence-corrected chi connectivity index (χ1v) is 27.6. The summed E-state index contributed by atoms with van der Waals surface area (Å²) in [5.74, 6) is -0.305. The summed E-state index contributed by atoms with van der Waals surface area (Å²) >= 11 is 0. The Morgan fingerprint density at radius 3 is 1.13 bits per heavy atom. The zero-order chi connectivity index (χ0) is 45.7. The Labute approximate surface area is 389 Å². The van der Waals surface area contributed by atoms with Crippen molar-refractivity contribution in [1.29, 1.82) is 0 Å². The van der Waals surface area contributed by atoms with Gasteiger partial charge in [-0.3, -0.25) is 4.79 Å². The Morgan fingerprint density at radius 2 is 0.778 bits per heavy atom. The molecule has 0 aliphatic carbocycles. The number of carbonyl (C=O) groups excluding carboxylic acids is 1. The summed E-state index contributed by atoms with van der Waals surface area (Å²) in [5, 5.41) is 40.2. The highest BCUT2D eigenvalue weighted by Crippen LogP contribution is 2.23. The Morgan fingerprint density at radius 1 is 0.444 bits per heavy atom. The smallest absolute Gasteiger partial charge is 0.306 e. The minimum Gasteiger partial charge on any atom is -0.457 e. The van der Waals surface area contributed by atoms with E-state index in [2.05, 4.69) is 13.8 Å². The van der Waals surface area contributed by atoms with Crippen molar-refractivity contribution in [1.82, 2.24) is 0 Å². The first-order chi connectivity index (χ1) is 30.9. The molecule has 6 atom stereocenters. The molecule has 1 rings (SSSR count). The van der Waals surface area contributed by atoms with Crippen LogP contribution in [-0.4, -0.2) is 89.6 Å². The van der Waals surface area contributed by atoms with Gasteiger partial charge < -0.3 is 39.4 Å². The number of rotatable bonds is 49. The summed E-state index contributed by atoms with van der Waals surface area (Å²) < 4.78 is 22.9. The number of unbranched alkanes of at least 4 members (excludes halogenated alkanes) is 38. The van der Waals surface area contributed by atoms with E-state index in [9.17, 15) is 25.2 Å². The van der Waals surface area contributed by atoms with Gasteiger partial charge in [0.05, 0.1) is 19.8 Å². The lowest BCUT2D eigenvalue weighted by Crippen LogP contribution is -2.59. The number of ether oxygens (including phenoxy) is 4. The van der Waals surface area contributed by atoms with E-state index in [4.69, 9.17) is 18.9 Å². The molecule has 0 saturated carbocycles. The quantitative estimate of drug-likeness (QED) is 0.0348. The Balaban J connectivity index is 2.10. The third kappa shape index (κ3) is 36.9. The molecule has 4 N–H and O–H groups in total. The van der Waals surface area contributed by atoms with Gasteiger partial charge in [0.1, 0.15) is 30.5 Å². The van der Waals surface area contributed by atoms with E-state index < -0.39 is 43.4 Å². The van der Waals surface area contributed by atoms with Gasteiger partial charge in [0, 0.05) is 13.0 Å². The number of hydrogen-bond donors (Lipinski definition) is 4. The summed E-state index contributed by atoms with van der Waals surface area (Å²) in [5.41, 5.74) is 0. The summed E-state index contributed by atoms with van der Waals surface area (Å²) in [6.45, 7) is 4.63. The number of esters is 1. The van der Waals surface area contributed by atoms with Crippen molar-refractivity contribution < 1.29 is 44.2 Å². The largest absolute Gasteiger partial charge is 0.457 e. The van der Waals surface area contributed by atoms with Crippen LogP contribution in [0.5, 0.6) is 0 Å². The van der Waals surface area contributed by atoms with Crippen molar-refractivity contribution in [3.63, 3.8) is 0 Å². The molecule has 9 nitrogen and oxygen atoms in total. The van der Waals surface area contributed by atoms with Crippen LogP contribution in [0, 0.1) is 0 Å². The lowest BCUT2D eigenvalue weighted by molar-refractivity contribution is -0.305. The highest BCUT2D eigenvalue weighted by atomic mass is 16.7. The molecule has 0 spiro atoms. The normalized spacial score (nSPS) is 19.5. The lowest BCUT2D eigenvalue weighted by Gasteiger charge is -2.39. The van der Waals surface area contributed by atoms with Gasteiger partial charge >= 0.3 is 5.97 Å². The van der Waals surface area contributed by atoms with Crippen LogP contribution >= 0.6 is 0 Å². The maximum atomic E-state index is 12.8. The van der Waals surface area contributed by atoms with Crippen molar-refractivity contribution in [2.45, 2.75) is 314 Å². The fourth-order valence-electron chi connectivity index (χ4n) is 8.97. The van der Waals surface area contributed by atoms with Crippen LogP contribution in [0.2, 0.25) is 0 Å². The van der Waals surface area contributed by atoms with Gasteiger partial charge in [-0.1, -0.05) is 258 Å². The number of aliphatic hydroxyl groups excluding tert-OH is 4. The fraction of sp³-hybridized carbons (Fsp3) is 0.981. The molecule has 6 unspecified atom stereocenters. The second-order valence-electron chi connectivity index (χ2n) is 19.4. The van der Waals surface area contributed by atoms with Crippen LogP contribution in [0.1, 0.15) is 277 Å². The first kappa shape index (κ1) is 60.2. The standard InChI is InChI=1S/C54H106O9/c1-3-5-7-9-11-13-15-17-19-20-21-22-23-24-25-26-27-28-29-30-32-34-36-38-40-42-44-60-46-48(47-61-54-53(59)52(58)51(57)49(45-55)63-54)62-50(56)43-41-39-37-35-33-31-18-16-14-12-10-8-6-4-2/h48-49,51-55,57-59H,3-47H2,1-2H3. The van der Waals surface area contributed by atoms with E-state index in [1.165, 1.54) is 225 Å². The van der Waals surface area contributed by atoms with Gasteiger partial charge in [0.25, 0.3) is 0 Å².